The normalized spacial score (nSPS) is 16.3. The number of rotatable bonds is 10. The van der Waals surface area contributed by atoms with Gasteiger partial charge in [-0.1, -0.05) is 18.2 Å². The van der Waals surface area contributed by atoms with E-state index in [1.807, 2.05) is 36.5 Å². The molecule has 2 fully saturated rings. The summed E-state index contributed by atoms with van der Waals surface area (Å²) in [6, 6.07) is 12.0. The molecule has 4 N–H and O–H groups in total. The summed E-state index contributed by atoms with van der Waals surface area (Å²) in [5, 5.41) is 7.84. The van der Waals surface area contributed by atoms with Crippen molar-refractivity contribution in [3.63, 3.8) is 0 Å². The molecule has 41 heavy (non-hydrogen) atoms. The number of anilines is 3. The highest BCUT2D eigenvalue weighted by atomic mass is 16.5. The Kier molecular flexibility index (Phi) is 11.9. The van der Waals surface area contributed by atoms with Crippen molar-refractivity contribution in [2.24, 2.45) is 15.7 Å². The third kappa shape index (κ3) is 9.29. The van der Waals surface area contributed by atoms with Crippen LogP contribution in [-0.4, -0.2) is 112 Å². The van der Waals surface area contributed by atoms with E-state index in [4.69, 9.17) is 25.2 Å². The number of allylic oxidation sites excluding steroid dienone is 1. The lowest BCUT2D eigenvalue weighted by Crippen LogP contribution is -2.44. The van der Waals surface area contributed by atoms with Gasteiger partial charge in [0, 0.05) is 70.5 Å². The summed E-state index contributed by atoms with van der Waals surface area (Å²) in [7, 11) is 1.64. The van der Waals surface area contributed by atoms with Gasteiger partial charge in [0.15, 0.2) is 0 Å². The molecule has 2 aliphatic heterocycles. The number of morpholine rings is 1. The van der Waals surface area contributed by atoms with Gasteiger partial charge in [-0.2, -0.15) is 4.98 Å². The van der Waals surface area contributed by atoms with Gasteiger partial charge in [-0.05, 0) is 18.9 Å². The number of nitrogens with zero attached hydrogens (tertiary/aromatic N) is 7. The molecule has 3 aromatic rings. The smallest absolute Gasteiger partial charge is 0.228 e. The van der Waals surface area contributed by atoms with Crippen LogP contribution in [0.25, 0.3) is 16.5 Å². The number of aromatic nitrogens is 3. The Bertz CT molecular complexity index is 1300. The fourth-order valence-corrected chi connectivity index (χ4v) is 4.41. The number of hydrogen-bond donors (Lipinski definition) is 3. The molecule has 12 heteroatoms. The van der Waals surface area contributed by atoms with Gasteiger partial charge in [0.1, 0.15) is 12.4 Å². The van der Waals surface area contributed by atoms with Gasteiger partial charge in [0.2, 0.25) is 5.95 Å². The summed E-state index contributed by atoms with van der Waals surface area (Å²) >= 11 is 0. The number of nitrogens with one attached hydrogen (secondary N) is 2. The molecule has 0 amide bonds. The molecule has 0 atom stereocenters. The fraction of sp³-hybridized carbons (Fsp3) is 0.414. The number of para-hydroxylation sites is 1. The van der Waals surface area contributed by atoms with E-state index in [0.29, 0.717) is 37.3 Å². The topological polar surface area (TPSA) is 138 Å². The molecule has 5 rings (SSSR count). The molecule has 0 aliphatic carbocycles. The molecule has 0 spiro atoms. The van der Waals surface area contributed by atoms with Gasteiger partial charge in [-0.3, -0.25) is 14.9 Å². The van der Waals surface area contributed by atoms with E-state index in [9.17, 15) is 0 Å². The van der Waals surface area contributed by atoms with E-state index in [1.165, 1.54) is 0 Å². The molecule has 4 heterocycles. The molecule has 2 saturated heterocycles. The number of nitrogens with two attached hydrogens (primary N) is 1. The van der Waals surface area contributed by atoms with Crippen LogP contribution in [0.1, 0.15) is 5.69 Å². The monoisotopic (exact) mass is 560 g/mol. The summed E-state index contributed by atoms with van der Waals surface area (Å²) in [5.74, 6) is 1.27. The van der Waals surface area contributed by atoms with E-state index >= 15 is 0 Å². The average Bonchev–Trinajstić information content (AvgIpc) is 3.02. The highest BCUT2D eigenvalue weighted by Gasteiger charge is 2.17. The maximum absolute atomic E-state index is 5.96. The van der Waals surface area contributed by atoms with Crippen LogP contribution in [0.4, 0.5) is 17.5 Å². The molecular formula is C29H40N10O2. The Morgan fingerprint density at radius 3 is 2.73 bits per heavy atom. The minimum atomic E-state index is 0.174. The zero-order chi connectivity index (χ0) is 28.7. The van der Waals surface area contributed by atoms with Gasteiger partial charge in [-0.25, -0.2) is 4.98 Å². The third-order valence-corrected chi connectivity index (χ3v) is 6.45. The standard InChI is InChI=1S/C27H35N9O2.C2H5N/c28-20-30-17-22(19-38-12-9-35-7-5-29-6-8-35)25-16-26(34-27(33-25)36-10-13-37-14-11-36)32-23-15-21-3-1-2-4-24(21)31-18-23;1-3-2/h1-4,15-19,29H,5-14,20,28H2,(H,32,33,34);1H2,2H3/b22-19-,30-17-;. The summed E-state index contributed by atoms with van der Waals surface area (Å²) in [5.41, 5.74) is 8.88. The highest BCUT2D eigenvalue weighted by molar-refractivity contribution is 6.09. The van der Waals surface area contributed by atoms with Crippen LogP contribution < -0.4 is 21.3 Å². The molecule has 2 aliphatic rings. The van der Waals surface area contributed by atoms with E-state index in [1.54, 1.807) is 19.5 Å². The first kappa shape index (κ1) is 30.0. The average molecular weight is 561 g/mol. The summed E-state index contributed by atoms with van der Waals surface area (Å²) in [6.45, 7) is 11.5. The number of aliphatic imine (C=N–C) groups is 2. The molecule has 0 saturated carbocycles. The molecule has 0 radical (unpaired) electrons. The summed E-state index contributed by atoms with van der Waals surface area (Å²) < 4.78 is 11.5. The van der Waals surface area contributed by atoms with Gasteiger partial charge in [-0.15, -0.1) is 0 Å². The first-order valence-electron chi connectivity index (χ1n) is 13.8. The predicted octanol–water partition coefficient (Wildman–Crippen LogP) is 2.17. The second-order valence-corrected chi connectivity index (χ2v) is 9.43. The molecule has 1 aromatic carbocycles. The molecular weight excluding hydrogens is 520 g/mol. The molecule has 218 valence electrons. The molecule has 0 unspecified atom stereocenters. The van der Waals surface area contributed by atoms with Crippen molar-refractivity contribution in [1.82, 2.24) is 25.2 Å². The Balaban J connectivity index is 0.00000124. The van der Waals surface area contributed by atoms with Gasteiger partial charge < -0.3 is 35.7 Å². The summed E-state index contributed by atoms with van der Waals surface area (Å²) in [4.78, 5) is 26.3. The lowest BCUT2D eigenvalue weighted by atomic mass is 10.2. The van der Waals surface area contributed by atoms with Crippen molar-refractivity contribution in [2.45, 2.75) is 0 Å². The van der Waals surface area contributed by atoms with Crippen LogP contribution in [0.2, 0.25) is 0 Å². The third-order valence-electron chi connectivity index (χ3n) is 6.45. The first-order valence-corrected chi connectivity index (χ1v) is 13.8. The van der Waals surface area contributed by atoms with Crippen molar-refractivity contribution in [3.05, 3.63) is 54.6 Å². The van der Waals surface area contributed by atoms with Crippen molar-refractivity contribution in [1.29, 1.82) is 0 Å². The quantitative estimate of drug-likeness (QED) is 0.192. The minimum absolute atomic E-state index is 0.174. The van der Waals surface area contributed by atoms with Gasteiger partial charge in [0.25, 0.3) is 0 Å². The Hall–Kier alpha value is -3.97. The van der Waals surface area contributed by atoms with Crippen molar-refractivity contribution in [3.8, 4) is 0 Å². The van der Waals surface area contributed by atoms with Crippen LogP contribution in [0.15, 0.2) is 58.8 Å². The second-order valence-electron chi connectivity index (χ2n) is 9.43. The fourth-order valence-electron chi connectivity index (χ4n) is 4.41. The molecule has 12 nitrogen and oxygen atoms in total. The number of fused-ring (bicyclic) bond motifs is 1. The zero-order valence-corrected chi connectivity index (χ0v) is 23.7. The Labute approximate surface area is 241 Å². The minimum Gasteiger partial charge on any atom is -0.499 e. The zero-order valence-electron chi connectivity index (χ0n) is 23.7. The maximum Gasteiger partial charge on any atom is 0.228 e. The van der Waals surface area contributed by atoms with E-state index < -0.39 is 0 Å². The Morgan fingerprint density at radius 2 is 1.95 bits per heavy atom. The molecule has 0 bridgehead atoms. The maximum atomic E-state index is 5.96. The van der Waals surface area contributed by atoms with Crippen molar-refractivity contribution in [2.75, 3.05) is 89.6 Å². The SMILES string of the molecule is C=NC.NC/N=C\C(=C\OCCN1CCNCC1)c1cc(Nc2cnc3ccccc3c2)nc(N2CCOCC2)n1. The highest BCUT2D eigenvalue weighted by Crippen LogP contribution is 2.24. The van der Waals surface area contributed by atoms with Gasteiger partial charge in [0.05, 0.1) is 54.8 Å². The lowest BCUT2D eigenvalue weighted by molar-refractivity contribution is 0.122. The number of pyridine rings is 1. The van der Waals surface area contributed by atoms with Crippen LogP contribution >= 0.6 is 0 Å². The van der Waals surface area contributed by atoms with E-state index in [2.05, 4.69) is 48.2 Å². The largest absolute Gasteiger partial charge is 0.499 e. The number of benzene rings is 1. The lowest BCUT2D eigenvalue weighted by Gasteiger charge is -2.27. The van der Waals surface area contributed by atoms with Crippen molar-refractivity contribution >= 4 is 46.9 Å². The number of ether oxygens (including phenoxy) is 2. The van der Waals surface area contributed by atoms with E-state index in [-0.39, 0.29) is 6.67 Å². The van der Waals surface area contributed by atoms with E-state index in [0.717, 1.165) is 68.0 Å². The van der Waals surface area contributed by atoms with Gasteiger partial charge >= 0.3 is 0 Å². The Morgan fingerprint density at radius 1 is 1.17 bits per heavy atom. The van der Waals surface area contributed by atoms with Crippen LogP contribution in [-0.2, 0) is 9.47 Å². The van der Waals surface area contributed by atoms with Crippen LogP contribution in [0.5, 0.6) is 0 Å². The van der Waals surface area contributed by atoms with Crippen LogP contribution in [0, 0.1) is 0 Å². The molecule has 2 aromatic heterocycles. The first-order chi connectivity index (χ1) is 20.2. The number of hydrogen-bond acceptors (Lipinski definition) is 12. The van der Waals surface area contributed by atoms with Crippen LogP contribution in [0.3, 0.4) is 0 Å². The summed E-state index contributed by atoms with van der Waals surface area (Å²) in [6.07, 6.45) is 5.23. The predicted molar refractivity (Wildman–Crippen MR) is 166 cm³/mol. The second kappa shape index (κ2) is 16.3. The van der Waals surface area contributed by atoms with Crippen molar-refractivity contribution < 1.29 is 9.47 Å². The number of piperazine rings is 1.